The van der Waals surface area contributed by atoms with Gasteiger partial charge < -0.3 is 4.57 Å². The quantitative estimate of drug-likeness (QED) is 0.847. The number of halogens is 2. The van der Waals surface area contributed by atoms with E-state index in [-0.39, 0.29) is 4.90 Å². The number of hydrogen-bond donors (Lipinski definition) is 0. The SMILES string of the molecule is Cc1nccn1CC1CCN(S(=O)(=O)c2cc(F)cc(F)c2)CC1. The fraction of sp³-hybridized carbons (Fsp3) is 0.438. The van der Waals surface area contributed by atoms with Crippen LogP contribution in [0.15, 0.2) is 35.5 Å². The molecular weight excluding hydrogens is 336 g/mol. The summed E-state index contributed by atoms with van der Waals surface area (Å²) in [6.07, 6.45) is 5.06. The first-order valence-electron chi connectivity index (χ1n) is 7.80. The number of aromatic nitrogens is 2. The van der Waals surface area contributed by atoms with Gasteiger partial charge in [-0.15, -0.1) is 0 Å². The predicted octanol–water partition coefficient (Wildman–Crippen LogP) is 2.57. The average molecular weight is 355 g/mol. The van der Waals surface area contributed by atoms with Crippen molar-refractivity contribution in [3.8, 4) is 0 Å². The van der Waals surface area contributed by atoms with Crippen molar-refractivity contribution in [3.05, 3.63) is 48.1 Å². The molecule has 0 amide bonds. The number of sulfonamides is 1. The molecule has 0 radical (unpaired) electrons. The highest BCUT2D eigenvalue weighted by Crippen LogP contribution is 2.26. The molecule has 2 heterocycles. The Morgan fingerprint density at radius 1 is 1.17 bits per heavy atom. The van der Waals surface area contributed by atoms with Crippen LogP contribution in [0.4, 0.5) is 8.78 Å². The van der Waals surface area contributed by atoms with Gasteiger partial charge in [0.25, 0.3) is 0 Å². The Labute approximate surface area is 140 Å². The van der Waals surface area contributed by atoms with Crippen molar-refractivity contribution in [2.75, 3.05) is 13.1 Å². The summed E-state index contributed by atoms with van der Waals surface area (Å²) >= 11 is 0. The minimum absolute atomic E-state index is 0.330. The van der Waals surface area contributed by atoms with E-state index in [0.717, 1.165) is 24.5 Å². The summed E-state index contributed by atoms with van der Waals surface area (Å²) in [7, 11) is -3.87. The molecule has 1 aliphatic heterocycles. The lowest BCUT2D eigenvalue weighted by molar-refractivity contribution is 0.252. The van der Waals surface area contributed by atoms with Gasteiger partial charge in [0.05, 0.1) is 4.90 Å². The second-order valence-electron chi connectivity index (χ2n) is 6.08. The minimum Gasteiger partial charge on any atom is -0.335 e. The molecule has 0 bridgehead atoms. The maximum absolute atomic E-state index is 13.3. The number of benzene rings is 1. The van der Waals surface area contributed by atoms with E-state index >= 15 is 0 Å². The van der Waals surface area contributed by atoms with E-state index in [4.69, 9.17) is 0 Å². The summed E-state index contributed by atoms with van der Waals surface area (Å²) < 4.78 is 55.1. The summed E-state index contributed by atoms with van der Waals surface area (Å²) in [5.41, 5.74) is 0. The normalized spacial score (nSPS) is 17.3. The number of aryl methyl sites for hydroxylation is 1. The van der Waals surface area contributed by atoms with Gasteiger partial charge in [-0.05, 0) is 37.8 Å². The van der Waals surface area contributed by atoms with Crippen LogP contribution < -0.4 is 0 Å². The first-order chi connectivity index (χ1) is 11.4. The fourth-order valence-corrected chi connectivity index (χ4v) is 4.55. The van der Waals surface area contributed by atoms with Crippen molar-refractivity contribution >= 4 is 10.0 Å². The summed E-state index contributed by atoms with van der Waals surface area (Å²) in [6, 6.07) is 2.39. The molecule has 8 heteroatoms. The number of imidazole rings is 1. The number of rotatable bonds is 4. The van der Waals surface area contributed by atoms with Crippen LogP contribution in [0.25, 0.3) is 0 Å². The van der Waals surface area contributed by atoms with Crippen molar-refractivity contribution in [1.82, 2.24) is 13.9 Å². The summed E-state index contributed by atoms with van der Waals surface area (Å²) in [5.74, 6) is -0.494. The van der Waals surface area contributed by atoms with E-state index in [0.29, 0.717) is 37.9 Å². The van der Waals surface area contributed by atoms with Crippen LogP contribution in [-0.4, -0.2) is 35.4 Å². The van der Waals surface area contributed by atoms with Gasteiger partial charge in [-0.2, -0.15) is 4.31 Å². The Balaban J connectivity index is 1.68. The molecule has 1 saturated heterocycles. The Bertz CT molecular complexity index is 807. The Hall–Kier alpha value is -1.80. The summed E-state index contributed by atoms with van der Waals surface area (Å²) in [4.78, 5) is 3.85. The van der Waals surface area contributed by atoms with Crippen LogP contribution in [0, 0.1) is 24.5 Å². The minimum atomic E-state index is -3.87. The second kappa shape index (κ2) is 6.60. The van der Waals surface area contributed by atoms with Crippen molar-refractivity contribution in [2.45, 2.75) is 31.2 Å². The molecule has 1 aliphatic rings. The zero-order valence-electron chi connectivity index (χ0n) is 13.3. The highest BCUT2D eigenvalue weighted by molar-refractivity contribution is 7.89. The Morgan fingerprint density at radius 3 is 2.33 bits per heavy atom. The highest BCUT2D eigenvalue weighted by Gasteiger charge is 2.30. The van der Waals surface area contributed by atoms with E-state index in [1.165, 1.54) is 4.31 Å². The van der Waals surface area contributed by atoms with Crippen LogP contribution in [0.5, 0.6) is 0 Å². The molecule has 1 aromatic heterocycles. The molecule has 2 aromatic rings. The summed E-state index contributed by atoms with van der Waals surface area (Å²) in [5, 5.41) is 0. The van der Waals surface area contributed by atoms with Crippen LogP contribution in [0.3, 0.4) is 0 Å². The predicted molar refractivity (Wildman–Crippen MR) is 84.8 cm³/mol. The molecule has 3 rings (SSSR count). The standard InChI is InChI=1S/C16H19F2N3O2S/c1-12-19-4-7-20(12)11-13-2-5-21(6-3-13)24(22,23)16-9-14(17)8-15(18)10-16/h4,7-10,13H,2-3,5-6,11H2,1H3. The van der Waals surface area contributed by atoms with Crippen molar-refractivity contribution < 1.29 is 17.2 Å². The zero-order chi connectivity index (χ0) is 17.3. The topological polar surface area (TPSA) is 55.2 Å². The number of hydrogen-bond acceptors (Lipinski definition) is 3. The molecule has 0 N–H and O–H groups in total. The van der Waals surface area contributed by atoms with Gasteiger partial charge in [0.15, 0.2) is 0 Å². The van der Waals surface area contributed by atoms with Crippen molar-refractivity contribution in [3.63, 3.8) is 0 Å². The van der Waals surface area contributed by atoms with E-state index in [9.17, 15) is 17.2 Å². The lowest BCUT2D eigenvalue weighted by Crippen LogP contribution is -2.39. The van der Waals surface area contributed by atoms with Gasteiger partial charge >= 0.3 is 0 Å². The van der Waals surface area contributed by atoms with Crippen LogP contribution in [-0.2, 0) is 16.6 Å². The molecule has 5 nitrogen and oxygen atoms in total. The number of nitrogens with zero attached hydrogens (tertiary/aromatic N) is 3. The highest BCUT2D eigenvalue weighted by atomic mass is 32.2. The van der Waals surface area contributed by atoms with Gasteiger partial charge in [-0.1, -0.05) is 0 Å². The van der Waals surface area contributed by atoms with Gasteiger partial charge in [0, 0.05) is 38.1 Å². The fourth-order valence-electron chi connectivity index (χ4n) is 3.03. The molecule has 0 saturated carbocycles. The molecular formula is C16H19F2N3O2S. The molecule has 0 spiro atoms. The second-order valence-corrected chi connectivity index (χ2v) is 8.02. The maximum atomic E-state index is 13.3. The van der Waals surface area contributed by atoms with Gasteiger partial charge in [-0.25, -0.2) is 22.2 Å². The maximum Gasteiger partial charge on any atom is 0.243 e. The van der Waals surface area contributed by atoms with Crippen molar-refractivity contribution in [1.29, 1.82) is 0 Å². The monoisotopic (exact) mass is 355 g/mol. The smallest absolute Gasteiger partial charge is 0.243 e. The third-order valence-corrected chi connectivity index (χ3v) is 6.30. The van der Waals surface area contributed by atoms with Gasteiger partial charge in [-0.3, -0.25) is 0 Å². The van der Waals surface area contributed by atoms with Gasteiger partial charge in [0.1, 0.15) is 17.5 Å². The molecule has 24 heavy (non-hydrogen) atoms. The van der Waals surface area contributed by atoms with E-state index in [1.807, 2.05) is 13.1 Å². The zero-order valence-corrected chi connectivity index (χ0v) is 14.1. The van der Waals surface area contributed by atoms with E-state index < -0.39 is 21.7 Å². The summed E-state index contributed by atoms with van der Waals surface area (Å²) in [6.45, 7) is 3.42. The Morgan fingerprint density at radius 2 is 1.79 bits per heavy atom. The Kier molecular flexibility index (Phi) is 4.69. The van der Waals surface area contributed by atoms with E-state index in [2.05, 4.69) is 9.55 Å². The molecule has 130 valence electrons. The average Bonchev–Trinajstić information content (AvgIpc) is 2.92. The lowest BCUT2D eigenvalue weighted by Gasteiger charge is -2.31. The first kappa shape index (κ1) is 17.0. The molecule has 0 atom stereocenters. The van der Waals surface area contributed by atoms with Gasteiger partial charge in [0.2, 0.25) is 10.0 Å². The molecule has 1 aromatic carbocycles. The van der Waals surface area contributed by atoms with Crippen LogP contribution >= 0.6 is 0 Å². The largest absolute Gasteiger partial charge is 0.335 e. The lowest BCUT2D eigenvalue weighted by atomic mass is 9.98. The van der Waals surface area contributed by atoms with Crippen LogP contribution in [0.2, 0.25) is 0 Å². The molecule has 1 fully saturated rings. The molecule has 0 aliphatic carbocycles. The van der Waals surface area contributed by atoms with Crippen LogP contribution in [0.1, 0.15) is 18.7 Å². The molecule has 0 unspecified atom stereocenters. The third kappa shape index (κ3) is 3.49. The van der Waals surface area contributed by atoms with Crippen molar-refractivity contribution in [2.24, 2.45) is 5.92 Å². The first-order valence-corrected chi connectivity index (χ1v) is 9.24. The third-order valence-electron chi connectivity index (χ3n) is 4.43. The van der Waals surface area contributed by atoms with E-state index in [1.54, 1.807) is 6.20 Å². The number of piperidine rings is 1.